The number of rotatable bonds is 13. The van der Waals surface area contributed by atoms with Crippen molar-refractivity contribution in [1.82, 2.24) is 0 Å². The third-order valence-corrected chi connectivity index (χ3v) is 2.67. The summed E-state index contributed by atoms with van der Waals surface area (Å²) in [6, 6.07) is 0. The van der Waals surface area contributed by atoms with Gasteiger partial charge in [-0.1, -0.05) is 25.7 Å². The zero-order valence-electron chi connectivity index (χ0n) is 10.8. The minimum absolute atomic E-state index is 0.279. The van der Waals surface area contributed by atoms with Crippen LogP contribution in [0, 0.1) is 0 Å². The topological polar surface area (TPSA) is 72.5 Å². The molecular formula is C13H27NO3. The number of hydrogen-bond donors (Lipinski definition) is 2. The van der Waals surface area contributed by atoms with Gasteiger partial charge in [-0.3, -0.25) is 4.79 Å². The molecule has 4 nitrogen and oxygen atoms in total. The Kier molecular flexibility index (Phi) is 13.0. The first-order valence-corrected chi connectivity index (χ1v) is 6.77. The van der Waals surface area contributed by atoms with Crippen LogP contribution in [0.3, 0.4) is 0 Å². The summed E-state index contributed by atoms with van der Waals surface area (Å²) in [5, 5.41) is 8.44. The Labute approximate surface area is 105 Å². The highest BCUT2D eigenvalue weighted by molar-refractivity contribution is 5.66. The average molecular weight is 245 g/mol. The maximum absolute atomic E-state index is 10.2. The van der Waals surface area contributed by atoms with Gasteiger partial charge in [0, 0.05) is 19.6 Å². The SMILES string of the molecule is NCCCCCCCOCCCCCC(=O)O. The zero-order valence-corrected chi connectivity index (χ0v) is 10.8. The van der Waals surface area contributed by atoms with Crippen molar-refractivity contribution in [2.24, 2.45) is 5.73 Å². The van der Waals surface area contributed by atoms with Gasteiger partial charge in [0.25, 0.3) is 0 Å². The van der Waals surface area contributed by atoms with Gasteiger partial charge in [-0.2, -0.15) is 0 Å². The third kappa shape index (κ3) is 15.4. The fourth-order valence-electron chi connectivity index (χ4n) is 1.64. The molecule has 17 heavy (non-hydrogen) atoms. The Bertz CT molecular complexity index is 174. The third-order valence-electron chi connectivity index (χ3n) is 2.67. The molecule has 0 heterocycles. The highest BCUT2D eigenvalue weighted by atomic mass is 16.5. The number of carboxylic acids is 1. The molecule has 0 unspecified atom stereocenters. The lowest BCUT2D eigenvalue weighted by molar-refractivity contribution is -0.137. The molecule has 0 aliphatic carbocycles. The van der Waals surface area contributed by atoms with E-state index in [2.05, 4.69) is 0 Å². The molecule has 0 bridgehead atoms. The van der Waals surface area contributed by atoms with Gasteiger partial charge in [0.1, 0.15) is 0 Å². The molecule has 0 saturated heterocycles. The number of unbranched alkanes of at least 4 members (excludes halogenated alkanes) is 6. The second kappa shape index (κ2) is 13.5. The minimum atomic E-state index is -0.705. The van der Waals surface area contributed by atoms with Crippen molar-refractivity contribution in [1.29, 1.82) is 0 Å². The second-order valence-corrected chi connectivity index (χ2v) is 4.37. The molecule has 0 fully saturated rings. The van der Waals surface area contributed by atoms with E-state index in [1.54, 1.807) is 0 Å². The molecule has 0 rings (SSSR count). The fourth-order valence-corrected chi connectivity index (χ4v) is 1.64. The average Bonchev–Trinajstić information content (AvgIpc) is 2.30. The summed E-state index contributed by atoms with van der Waals surface area (Å²) in [7, 11) is 0. The summed E-state index contributed by atoms with van der Waals surface area (Å²) < 4.78 is 5.48. The lowest BCUT2D eigenvalue weighted by atomic mass is 10.1. The summed E-state index contributed by atoms with van der Waals surface area (Å²) in [5.41, 5.74) is 5.41. The standard InChI is InChI=1S/C13H27NO3/c14-10-6-2-1-3-7-11-17-12-8-4-5-9-13(15)16/h1-12,14H2,(H,15,16). The molecule has 0 radical (unpaired) electrons. The van der Waals surface area contributed by atoms with E-state index in [1.807, 2.05) is 0 Å². The smallest absolute Gasteiger partial charge is 0.303 e. The fraction of sp³-hybridized carbons (Fsp3) is 0.923. The molecule has 0 amide bonds. The van der Waals surface area contributed by atoms with Gasteiger partial charge in [-0.05, 0) is 32.2 Å². The Balaban J connectivity index is 2.91. The molecule has 0 aromatic rings. The van der Waals surface area contributed by atoms with Crippen molar-refractivity contribution < 1.29 is 14.6 Å². The summed E-state index contributed by atoms with van der Waals surface area (Å²) >= 11 is 0. The largest absolute Gasteiger partial charge is 0.481 e. The number of nitrogens with two attached hydrogens (primary N) is 1. The first-order valence-electron chi connectivity index (χ1n) is 6.77. The maximum Gasteiger partial charge on any atom is 0.303 e. The zero-order chi connectivity index (χ0) is 12.8. The van der Waals surface area contributed by atoms with Gasteiger partial charge >= 0.3 is 5.97 Å². The molecule has 4 heteroatoms. The van der Waals surface area contributed by atoms with Gasteiger partial charge in [0.2, 0.25) is 0 Å². The predicted octanol–water partition coefficient (Wildman–Crippen LogP) is 2.56. The summed E-state index contributed by atoms with van der Waals surface area (Å²) in [5.74, 6) is -0.705. The first kappa shape index (κ1) is 16.4. The van der Waals surface area contributed by atoms with Crippen LogP contribution in [0.15, 0.2) is 0 Å². The van der Waals surface area contributed by atoms with Crippen molar-refractivity contribution in [3.05, 3.63) is 0 Å². The summed E-state index contributed by atoms with van der Waals surface area (Å²) in [6.07, 6.45) is 8.91. The molecule has 0 aromatic carbocycles. The van der Waals surface area contributed by atoms with Crippen molar-refractivity contribution in [2.75, 3.05) is 19.8 Å². The van der Waals surface area contributed by atoms with E-state index in [0.717, 1.165) is 51.9 Å². The number of ether oxygens (including phenoxy) is 1. The van der Waals surface area contributed by atoms with E-state index in [0.29, 0.717) is 0 Å². The highest BCUT2D eigenvalue weighted by Gasteiger charge is 1.96. The number of carboxylic acid groups (broad SMARTS) is 1. The van der Waals surface area contributed by atoms with Crippen LogP contribution in [0.25, 0.3) is 0 Å². The molecule has 0 aromatic heterocycles. The molecule has 0 aliphatic rings. The summed E-state index contributed by atoms with van der Waals surface area (Å²) in [6.45, 7) is 2.40. The normalized spacial score (nSPS) is 10.6. The Morgan fingerprint density at radius 3 is 2.00 bits per heavy atom. The Hall–Kier alpha value is -0.610. The quantitative estimate of drug-likeness (QED) is 0.489. The van der Waals surface area contributed by atoms with Crippen LogP contribution < -0.4 is 5.73 Å². The van der Waals surface area contributed by atoms with Crippen LogP contribution in [0.2, 0.25) is 0 Å². The first-order chi connectivity index (χ1) is 8.27. The highest BCUT2D eigenvalue weighted by Crippen LogP contribution is 2.03. The molecule has 0 aliphatic heterocycles. The molecule has 102 valence electrons. The van der Waals surface area contributed by atoms with Crippen LogP contribution in [-0.4, -0.2) is 30.8 Å². The molecule has 0 spiro atoms. The van der Waals surface area contributed by atoms with E-state index in [4.69, 9.17) is 15.6 Å². The maximum atomic E-state index is 10.2. The van der Waals surface area contributed by atoms with Gasteiger partial charge in [0.05, 0.1) is 0 Å². The van der Waals surface area contributed by atoms with Gasteiger partial charge < -0.3 is 15.6 Å². The van der Waals surface area contributed by atoms with E-state index in [1.165, 1.54) is 19.3 Å². The minimum Gasteiger partial charge on any atom is -0.481 e. The van der Waals surface area contributed by atoms with E-state index in [9.17, 15) is 4.79 Å². The van der Waals surface area contributed by atoms with Gasteiger partial charge in [0.15, 0.2) is 0 Å². The van der Waals surface area contributed by atoms with E-state index >= 15 is 0 Å². The lowest BCUT2D eigenvalue weighted by Crippen LogP contribution is -1.99. The van der Waals surface area contributed by atoms with Crippen molar-refractivity contribution in [3.63, 3.8) is 0 Å². The Morgan fingerprint density at radius 1 is 0.882 bits per heavy atom. The van der Waals surface area contributed by atoms with Crippen molar-refractivity contribution >= 4 is 5.97 Å². The van der Waals surface area contributed by atoms with E-state index < -0.39 is 5.97 Å². The predicted molar refractivity (Wildman–Crippen MR) is 69.1 cm³/mol. The van der Waals surface area contributed by atoms with Crippen LogP contribution in [0.4, 0.5) is 0 Å². The molecule has 0 saturated carbocycles. The van der Waals surface area contributed by atoms with Crippen LogP contribution in [-0.2, 0) is 9.53 Å². The van der Waals surface area contributed by atoms with Gasteiger partial charge in [-0.25, -0.2) is 0 Å². The monoisotopic (exact) mass is 245 g/mol. The van der Waals surface area contributed by atoms with E-state index in [-0.39, 0.29) is 6.42 Å². The molecule has 3 N–H and O–H groups in total. The number of hydrogen-bond acceptors (Lipinski definition) is 3. The number of carbonyl (C=O) groups is 1. The number of aliphatic carboxylic acids is 1. The van der Waals surface area contributed by atoms with Crippen molar-refractivity contribution in [3.8, 4) is 0 Å². The van der Waals surface area contributed by atoms with Crippen LogP contribution in [0.1, 0.15) is 57.8 Å². The van der Waals surface area contributed by atoms with Crippen LogP contribution >= 0.6 is 0 Å². The van der Waals surface area contributed by atoms with Gasteiger partial charge in [-0.15, -0.1) is 0 Å². The lowest BCUT2D eigenvalue weighted by Gasteiger charge is -2.04. The van der Waals surface area contributed by atoms with Crippen molar-refractivity contribution in [2.45, 2.75) is 57.8 Å². The summed E-state index contributed by atoms with van der Waals surface area (Å²) in [4.78, 5) is 10.2. The second-order valence-electron chi connectivity index (χ2n) is 4.37. The molecular weight excluding hydrogens is 218 g/mol. The molecule has 0 atom stereocenters. The Morgan fingerprint density at radius 2 is 1.41 bits per heavy atom. The van der Waals surface area contributed by atoms with Crippen LogP contribution in [0.5, 0.6) is 0 Å².